The van der Waals surface area contributed by atoms with Gasteiger partial charge in [-0.3, -0.25) is 4.79 Å². The van der Waals surface area contributed by atoms with Gasteiger partial charge >= 0.3 is 0 Å². The third kappa shape index (κ3) is 5.96. The molecule has 2 rings (SSSR count). The Morgan fingerprint density at radius 3 is 2.68 bits per heavy atom. The number of nitriles is 1. The molecule has 1 unspecified atom stereocenters. The van der Waals surface area contributed by atoms with Gasteiger partial charge in [0.2, 0.25) is 0 Å². The molecule has 1 N–H and O–H groups in total. The Labute approximate surface area is 171 Å². The lowest BCUT2D eigenvalue weighted by molar-refractivity contribution is -0.112. The van der Waals surface area contributed by atoms with E-state index >= 15 is 0 Å². The number of benzene rings is 1. The summed E-state index contributed by atoms with van der Waals surface area (Å²) in [6.07, 6.45) is 1.96. The second-order valence-corrected chi connectivity index (χ2v) is 9.75. The largest absolute Gasteiger partial charge is 0.371 e. The summed E-state index contributed by atoms with van der Waals surface area (Å²) in [6, 6.07) is 6.83. The molecule has 0 aromatic heterocycles. The van der Waals surface area contributed by atoms with Gasteiger partial charge < -0.3 is 15.1 Å². The number of nitrogens with zero attached hydrogens (tertiary/aromatic N) is 3. The Balaban J connectivity index is 2.24. The van der Waals surface area contributed by atoms with E-state index in [4.69, 9.17) is 11.6 Å². The summed E-state index contributed by atoms with van der Waals surface area (Å²) in [5, 5.41) is 12.7. The van der Waals surface area contributed by atoms with Crippen LogP contribution < -0.4 is 5.32 Å². The van der Waals surface area contributed by atoms with E-state index in [1.54, 1.807) is 30.0 Å². The number of amides is 1. The average molecular weight is 425 g/mol. The standard InChI is InChI=1S/C19H25ClN4O3S/c1-14-17(20)5-4-6-18(14)22-19(25)15(11-21)12-24(9-8-23(2)3)16-7-10-28(26,27)13-16/h4-6,12,16H,7-10,13H2,1-3H3,(H,22,25)/b15-12-. The molecule has 0 radical (unpaired) electrons. The lowest BCUT2D eigenvalue weighted by atomic mass is 10.1. The fourth-order valence-corrected chi connectivity index (χ4v) is 4.86. The van der Waals surface area contributed by atoms with Crippen molar-refractivity contribution in [2.75, 3.05) is 44.0 Å². The highest BCUT2D eigenvalue weighted by Crippen LogP contribution is 2.24. The first-order chi connectivity index (χ1) is 13.1. The van der Waals surface area contributed by atoms with E-state index in [-0.39, 0.29) is 23.1 Å². The molecule has 1 atom stereocenters. The Kier molecular flexibility index (Phi) is 7.47. The Bertz CT molecular complexity index is 906. The fourth-order valence-electron chi connectivity index (χ4n) is 2.94. The number of nitrogens with one attached hydrogen (secondary N) is 1. The van der Waals surface area contributed by atoms with Crippen molar-refractivity contribution in [1.29, 1.82) is 5.26 Å². The second-order valence-electron chi connectivity index (χ2n) is 7.12. The summed E-state index contributed by atoms with van der Waals surface area (Å²) >= 11 is 6.08. The minimum Gasteiger partial charge on any atom is -0.371 e. The van der Waals surface area contributed by atoms with Gasteiger partial charge in [0.1, 0.15) is 11.6 Å². The smallest absolute Gasteiger partial charge is 0.267 e. The lowest BCUT2D eigenvalue weighted by Crippen LogP contribution is -2.37. The first-order valence-electron chi connectivity index (χ1n) is 8.92. The molecule has 9 heteroatoms. The molecule has 0 saturated carbocycles. The van der Waals surface area contributed by atoms with Crippen molar-refractivity contribution in [3.8, 4) is 6.07 Å². The number of carbonyl (C=O) groups excluding carboxylic acids is 1. The van der Waals surface area contributed by atoms with Gasteiger partial charge in [0.15, 0.2) is 9.84 Å². The first-order valence-corrected chi connectivity index (χ1v) is 11.1. The molecule has 28 heavy (non-hydrogen) atoms. The maximum Gasteiger partial charge on any atom is 0.267 e. The van der Waals surface area contributed by atoms with Crippen molar-refractivity contribution in [1.82, 2.24) is 9.80 Å². The highest BCUT2D eigenvalue weighted by atomic mass is 35.5. The number of carbonyl (C=O) groups is 1. The van der Waals surface area contributed by atoms with Crippen LogP contribution >= 0.6 is 11.6 Å². The van der Waals surface area contributed by atoms with Crippen molar-refractivity contribution in [3.63, 3.8) is 0 Å². The minimum atomic E-state index is -3.08. The zero-order valence-corrected chi connectivity index (χ0v) is 17.8. The van der Waals surface area contributed by atoms with Crippen LogP contribution in [0.5, 0.6) is 0 Å². The molecular formula is C19H25ClN4O3S. The van der Waals surface area contributed by atoms with Crippen molar-refractivity contribution in [3.05, 3.63) is 40.6 Å². The van der Waals surface area contributed by atoms with Crippen LogP contribution in [0.3, 0.4) is 0 Å². The van der Waals surface area contributed by atoms with Crippen LogP contribution in [-0.2, 0) is 14.6 Å². The number of hydrogen-bond acceptors (Lipinski definition) is 6. The van der Waals surface area contributed by atoms with Crippen LogP contribution in [0.2, 0.25) is 5.02 Å². The van der Waals surface area contributed by atoms with Gasteiger partial charge in [0.25, 0.3) is 5.91 Å². The Hall–Kier alpha value is -2.08. The molecule has 1 saturated heterocycles. The van der Waals surface area contributed by atoms with E-state index in [9.17, 15) is 18.5 Å². The quantitative estimate of drug-likeness (QED) is 0.531. The van der Waals surface area contributed by atoms with Gasteiger partial charge in [-0.05, 0) is 45.1 Å². The molecule has 1 aromatic carbocycles. The van der Waals surface area contributed by atoms with Crippen LogP contribution in [0, 0.1) is 18.3 Å². The van der Waals surface area contributed by atoms with E-state index in [0.717, 1.165) is 0 Å². The van der Waals surface area contributed by atoms with Crippen molar-refractivity contribution < 1.29 is 13.2 Å². The van der Waals surface area contributed by atoms with E-state index < -0.39 is 15.7 Å². The van der Waals surface area contributed by atoms with E-state index in [1.807, 2.05) is 25.1 Å². The van der Waals surface area contributed by atoms with Crippen LogP contribution in [0.4, 0.5) is 5.69 Å². The number of rotatable bonds is 7. The maximum atomic E-state index is 12.6. The fraction of sp³-hybridized carbons (Fsp3) is 0.474. The number of likely N-dealkylation sites (N-methyl/N-ethyl adjacent to an activating group) is 1. The predicted octanol–water partition coefficient (Wildman–Crippen LogP) is 2.05. The van der Waals surface area contributed by atoms with Crippen LogP contribution in [0.1, 0.15) is 12.0 Å². The van der Waals surface area contributed by atoms with Crippen molar-refractivity contribution >= 4 is 33.0 Å². The zero-order valence-electron chi connectivity index (χ0n) is 16.3. The number of sulfone groups is 1. The molecule has 1 aliphatic rings. The number of hydrogen-bond donors (Lipinski definition) is 1. The van der Waals surface area contributed by atoms with Crippen molar-refractivity contribution in [2.45, 2.75) is 19.4 Å². The summed E-state index contributed by atoms with van der Waals surface area (Å²) in [6.45, 7) is 2.96. The molecule has 1 fully saturated rings. The van der Waals surface area contributed by atoms with Gasteiger partial charge in [-0.1, -0.05) is 17.7 Å². The summed E-state index contributed by atoms with van der Waals surface area (Å²) in [5.41, 5.74) is 1.16. The summed E-state index contributed by atoms with van der Waals surface area (Å²) in [7, 11) is 0.736. The first kappa shape index (κ1) is 22.2. The molecular weight excluding hydrogens is 400 g/mol. The molecule has 0 aliphatic carbocycles. The molecule has 152 valence electrons. The Morgan fingerprint density at radius 1 is 1.39 bits per heavy atom. The van der Waals surface area contributed by atoms with E-state index in [2.05, 4.69) is 5.32 Å². The SMILES string of the molecule is Cc1c(Cl)cccc1NC(=O)/C(C#N)=C\N(CCN(C)C)C1CCS(=O)(=O)C1. The average Bonchev–Trinajstić information content (AvgIpc) is 2.98. The lowest BCUT2D eigenvalue weighted by Gasteiger charge is -2.28. The summed E-state index contributed by atoms with van der Waals surface area (Å²) < 4.78 is 23.7. The highest BCUT2D eigenvalue weighted by Gasteiger charge is 2.31. The molecule has 0 spiro atoms. The number of halogens is 1. The van der Waals surface area contributed by atoms with Gasteiger partial charge in [0, 0.05) is 36.0 Å². The predicted molar refractivity (Wildman–Crippen MR) is 111 cm³/mol. The van der Waals surface area contributed by atoms with Crippen LogP contribution in [0.15, 0.2) is 30.0 Å². The van der Waals surface area contributed by atoms with Gasteiger partial charge in [0.05, 0.1) is 11.5 Å². The van der Waals surface area contributed by atoms with E-state index in [0.29, 0.717) is 35.8 Å². The zero-order chi connectivity index (χ0) is 20.9. The van der Waals surface area contributed by atoms with Gasteiger partial charge in [-0.15, -0.1) is 0 Å². The molecule has 7 nitrogen and oxygen atoms in total. The third-order valence-electron chi connectivity index (χ3n) is 4.66. The van der Waals surface area contributed by atoms with Crippen molar-refractivity contribution in [2.24, 2.45) is 0 Å². The van der Waals surface area contributed by atoms with Crippen LogP contribution in [-0.4, -0.2) is 68.9 Å². The third-order valence-corrected chi connectivity index (χ3v) is 6.82. The van der Waals surface area contributed by atoms with Crippen LogP contribution in [0.25, 0.3) is 0 Å². The van der Waals surface area contributed by atoms with Gasteiger partial charge in [-0.2, -0.15) is 5.26 Å². The second kappa shape index (κ2) is 9.41. The molecule has 1 heterocycles. The van der Waals surface area contributed by atoms with E-state index in [1.165, 1.54) is 6.20 Å². The molecule has 1 aromatic rings. The topological polar surface area (TPSA) is 93.5 Å². The highest BCUT2D eigenvalue weighted by molar-refractivity contribution is 7.91. The summed E-state index contributed by atoms with van der Waals surface area (Å²) in [4.78, 5) is 16.4. The van der Waals surface area contributed by atoms with Gasteiger partial charge in [-0.25, -0.2) is 8.42 Å². The minimum absolute atomic E-state index is 0.0324. The Morgan fingerprint density at radius 2 is 2.11 bits per heavy atom. The summed E-state index contributed by atoms with van der Waals surface area (Å²) in [5.74, 6) is -0.395. The molecule has 0 bridgehead atoms. The monoisotopic (exact) mass is 424 g/mol. The molecule has 1 aliphatic heterocycles. The number of anilines is 1. The maximum absolute atomic E-state index is 12.6. The normalized spacial score (nSPS) is 18.7. The molecule has 1 amide bonds.